The number of rotatable bonds is 3. The van der Waals surface area contributed by atoms with Crippen molar-refractivity contribution in [2.45, 2.75) is 44.8 Å². The summed E-state index contributed by atoms with van der Waals surface area (Å²) in [4.78, 5) is 17.8. The lowest BCUT2D eigenvalue weighted by Gasteiger charge is -2.51. The van der Waals surface area contributed by atoms with Crippen LogP contribution in [0.4, 0.5) is 4.79 Å². The van der Waals surface area contributed by atoms with E-state index >= 15 is 0 Å². The predicted octanol–water partition coefficient (Wildman–Crippen LogP) is 2.73. The van der Waals surface area contributed by atoms with Gasteiger partial charge < -0.3 is 10.0 Å². The standard InChI is InChI=1S/C19H29N3O2/c1-16-14-22(19(2)8-10-20(11-9-19)18(23)24)13-12-21(16)15-17-6-4-3-5-7-17/h3-7,16H,8-15H2,1-2H3,(H,23,24). The van der Waals surface area contributed by atoms with Gasteiger partial charge in [-0.15, -0.1) is 0 Å². The number of hydrogen-bond donors (Lipinski definition) is 1. The minimum absolute atomic E-state index is 0.138. The SMILES string of the molecule is CC1CN(C2(C)CCN(C(=O)O)CC2)CCN1Cc1ccccc1. The summed E-state index contributed by atoms with van der Waals surface area (Å²) in [6, 6.07) is 11.2. The van der Waals surface area contributed by atoms with Gasteiger partial charge in [-0.05, 0) is 32.3 Å². The molecule has 5 nitrogen and oxygen atoms in total. The first-order chi connectivity index (χ1) is 11.5. The normalized spacial score (nSPS) is 25.6. The minimum Gasteiger partial charge on any atom is -0.465 e. The molecule has 0 saturated carbocycles. The maximum atomic E-state index is 11.1. The predicted molar refractivity (Wildman–Crippen MR) is 95.1 cm³/mol. The molecule has 0 bridgehead atoms. The molecule has 2 fully saturated rings. The van der Waals surface area contributed by atoms with Crippen LogP contribution in [0.2, 0.25) is 0 Å². The van der Waals surface area contributed by atoms with Crippen LogP contribution in [0.25, 0.3) is 0 Å². The third-order valence-electron chi connectivity index (χ3n) is 5.87. The van der Waals surface area contributed by atoms with Gasteiger partial charge in [0.2, 0.25) is 0 Å². The molecular formula is C19H29N3O2. The van der Waals surface area contributed by atoms with Gasteiger partial charge in [-0.25, -0.2) is 4.79 Å². The van der Waals surface area contributed by atoms with Gasteiger partial charge in [0.25, 0.3) is 0 Å². The van der Waals surface area contributed by atoms with Gasteiger partial charge in [0.15, 0.2) is 0 Å². The van der Waals surface area contributed by atoms with Crippen LogP contribution < -0.4 is 0 Å². The van der Waals surface area contributed by atoms with Crippen LogP contribution in [0.3, 0.4) is 0 Å². The van der Waals surface area contributed by atoms with Crippen molar-refractivity contribution in [2.75, 3.05) is 32.7 Å². The fraction of sp³-hybridized carbons (Fsp3) is 0.632. The number of carboxylic acid groups (broad SMARTS) is 1. The van der Waals surface area contributed by atoms with E-state index in [0.717, 1.165) is 39.0 Å². The van der Waals surface area contributed by atoms with Crippen molar-refractivity contribution >= 4 is 6.09 Å². The van der Waals surface area contributed by atoms with Crippen LogP contribution in [-0.4, -0.2) is 70.2 Å². The van der Waals surface area contributed by atoms with E-state index in [1.165, 1.54) is 5.56 Å². The Balaban J connectivity index is 1.56. The molecule has 0 radical (unpaired) electrons. The van der Waals surface area contributed by atoms with Crippen LogP contribution in [0, 0.1) is 0 Å². The molecular weight excluding hydrogens is 302 g/mol. The summed E-state index contributed by atoms with van der Waals surface area (Å²) in [6.07, 6.45) is 1.09. The maximum Gasteiger partial charge on any atom is 0.407 e. The van der Waals surface area contributed by atoms with Crippen molar-refractivity contribution in [3.8, 4) is 0 Å². The van der Waals surface area contributed by atoms with E-state index < -0.39 is 6.09 Å². The second-order valence-corrected chi connectivity index (χ2v) is 7.52. The monoisotopic (exact) mass is 331 g/mol. The molecule has 1 aromatic rings. The fourth-order valence-corrected chi connectivity index (χ4v) is 4.03. The molecule has 2 aliphatic heterocycles. The van der Waals surface area contributed by atoms with E-state index in [4.69, 9.17) is 5.11 Å². The van der Waals surface area contributed by atoms with Crippen molar-refractivity contribution in [3.63, 3.8) is 0 Å². The Morgan fingerprint density at radius 2 is 1.83 bits per heavy atom. The number of amides is 1. The Bertz CT molecular complexity index is 555. The van der Waals surface area contributed by atoms with Crippen LogP contribution in [0.15, 0.2) is 30.3 Å². The van der Waals surface area contributed by atoms with Crippen LogP contribution >= 0.6 is 0 Å². The molecule has 1 aromatic carbocycles. The molecule has 3 rings (SSSR count). The summed E-state index contributed by atoms with van der Waals surface area (Å²) < 4.78 is 0. The van der Waals surface area contributed by atoms with Crippen molar-refractivity contribution in [3.05, 3.63) is 35.9 Å². The molecule has 0 aliphatic carbocycles. The molecule has 2 heterocycles. The Morgan fingerprint density at radius 1 is 1.17 bits per heavy atom. The number of carbonyl (C=O) groups is 1. The summed E-state index contributed by atoms with van der Waals surface area (Å²) >= 11 is 0. The first-order valence-corrected chi connectivity index (χ1v) is 8.99. The Hall–Kier alpha value is -1.59. The number of nitrogens with zero attached hydrogens (tertiary/aromatic N) is 3. The lowest BCUT2D eigenvalue weighted by atomic mass is 9.86. The lowest BCUT2D eigenvalue weighted by molar-refractivity contribution is -0.0193. The second kappa shape index (κ2) is 7.11. The van der Waals surface area contributed by atoms with Crippen LogP contribution in [-0.2, 0) is 6.54 Å². The van der Waals surface area contributed by atoms with Gasteiger partial charge >= 0.3 is 6.09 Å². The van der Waals surface area contributed by atoms with Gasteiger partial charge in [-0.3, -0.25) is 9.80 Å². The Labute approximate surface area is 144 Å². The van der Waals surface area contributed by atoms with E-state index in [2.05, 4.69) is 54.0 Å². The molecule has 0 aromatic heterocycles. The zero-order valence-corrected chi connectivity index (χ0v) is 14.8. The molecule has 5 heteroatoms. The highest BCUT2D eigenvalue weighted by Crippen LogP contribution is 2.31. The zero-order chi connectivity index (χ0) is 17.2. The number of hydrogen-bond acceptors (Lipinski definition) is 3. The van der Waals surface area contributed by atoms with Crippen molar-refractivity contribution < 1.29 is 9.90 Å². The molecule has 1 unspecified atom stereocenters. The van der Waals surface area contributed by atoms with E-state index in [9.17, 15) is 4.79 Å². The summed E-state index contributed by atoms with van der Waals surface area (Å²) in [7, 11) is 0. The number of piperidine rings is 1. The largest absolute Gasteiger partial charge is 0.465 e. The second-order valence-electron chi connectivity index (χ2n) is 7.52. The van der Waals surface area contributed by atoms with Gasteiger partial charge in [-0.1, -0.05) is 30.3 Å². The highest BCUT2D eigenvalue weighted by molar-refractivity contribution is 5.65. The van der Waals surface area contributed by atoms with Crippen molar-refractivity contribution in [2.24, 2.45) is 0 Å². The molecule has 24 heavy (non-hydrogen) atoms. The summed E-state index contributed by atoms with van der Waals surface area (Å²) in [5.74, 6) is 0. The van der Waals surface area contributed by atoms with E-state index in [-0.39, 0.29) is 5.54 Å². The molecule has 0 spiro atoms. The number of benzene rings is 1. The molecule has 1 atom stereocenters. The van der Waals surface area contributed by atoms with Gasteiger partial charge in [0, 0.05) is 50.8 Å². The Morgan fingerprint density at radius 3 is 2.42 bits per heavy atom. The molecule has 2 aliphatic rings. The highest BCUT2D eigenvalue weighted by Gasteiger charge is 2.39. The van der Waals surface area contributed by atoms with Crippen LogP contribution in [0.5, 0.6) is 0 Å². The zero-order valence-electron chi connectivity index (χ0n) is 14.8. The fourth-order valence-electron chi connectivity index (χ4n) is 4.03. The number of piperazine rings is 1. The topological polar surface area (TPSA) is 47.0 Å². The number of likely N-dealkylation sites (tertiary alicyclic amines) is 1. The van der Waals surface area contributed by atoms with E-state index in [1.54, 1.807) is 4.90 Å². The Kier molecular flexibility index (Phi) is 5.11. The van der Waals surface area contributed by atoms with E-state index in [1.807, 2.05) is 0 Å². The summed E-state index contributed by atoms with van der Waals surface area (Å²) in [5.41, 5.74) is 1.51. The average Bonchev–Trinajstić information content (AvgIpc) is 2.58. The quantitative estimate of drug-likeness (QED) is 0.925. The maximum absolute atomic E-state index is 11.1. The van der Waals surface area contributed by atoms with Crippen LogP contribution in [0.1, 0.15) is 32.3 Å². The molecule has 2 saturated heterocycles. The van der Waals surface area contributed by atoms with Gasteiger partial charge in [-0.2, -0.15) is 0 Å². The third-order valence-corrected chi connectivity index (χ3v) is 5.87. The first-order valence-electron chi connectivity index (χ1n) is 8.99. The van der Waals surface area contributed by atoms with Gasteiger partial charge in [0.1, 0.15) is 0 Å². The molecule has 1 amide bonds. The van der Waals surface area contributed by atoms with Crippen molar-refractivity contribution in [1.29, 1.82) is 0 Å². The van der Waals surface area contributed by atoms with Gasteiger partial charge in [0.05, 0.1) is 0 Å². The molecule has 132 valence electrons. The smallest absolute Gasteiger partial charge is 0.407 e. The summed E-state index contributed by atoms with van der Waals surface area (Å²) in [5, 5.41) is 9.14. The third kappa shape index (κ3) is 3.73. The first kappa shape index (κ1) is 17.2. The van der Waals surface area contributed by atoms with E-state index in [0.29, 0.717) is 19.1 Å². The highest BCUT2D eigenvalue weighted by atomic mass is 16.4. The lowest BCUT2D eigenvalue weighted by Crippen LogP contribution is -2.61. The minimum atomic E-state index is -0.780. The average molecular weight is 331 g/mol. The summed E-state index contributed by atoms with van der Waals surface area (Å²) in [6.45, 7) is 10.2. The van der Waals surface area contributed by atoms with Crippen molar-refractivity contribution in [1.82, 2.24) is 14.7 Å². The molecule has 1 N–H and O–H groups in total.